The zero-order valence-corrected chi connectivity index (χ0v) is 14.7. The number of aromatic nitrogens is 3. The zero-order chi connectivity index (χ0) is 17.2. The molecule has 0 unspecified atom stereocenters. The van der Waals surface area contributed by atoms with Crippen LogP contribution in [0.25, 0.3) is 0 Å². The largest absolute Gasteiger partial charge is 0.361 e. The Morgan fingerprint density at radius 1 is 1.08 bits per heavy atom. The number of hydrogen-bond donors (Lipinski definition) is 2. The third-order valence-corrected chi connectivity index (χ3v) is 4.83. The van der Waals surface area contributed by atoms with Crippen molar-refractivity contribution in [3.63, 3.8) is 0 Å². The van der Waals surface area contributed by atoms with Crippen LogP contribution in [-0.4, -0.2) is 25.0 Å². The molecular weight excluding hydrogens is 330 g/mol. The van der Waals surface area contributed by atoms with Crippen molar-refractivity contribution in [2.75, 3.05) is 0 Å². The van der Waals surface area contributed by atoms with Gasteiger partial charge in [-0.15, -0.1) is 0 Å². The molecule has 0 aliphatic carbocycles. The van der Waals surface area contributed by atoms with Crippen LogP contribution >= 0.6 is 12.2 Å². The van der Waals surface area contributed by atoms with Crippen molar-refractivity contribution in [3.05, 3.63) is 83.7 Å². The SMILES string of the molecule is Cc1ccc([C@@H]2[C@H](c3ccccn3)NC(=S)N2Cc2ccncc2)[nH]1. The van der Waals surface area contributed by atoms with Crippen LogP contribution in [0.15, 0.2) is 61.1 Å². The van der Waals surface area contributed by atoms with Crippen molar-refractivity contribution >= 4 is 17.3 Å². The number of pyridine rings is 2. The van der Waals surface area contributed by atoms with Crippen LogP contribution in [0.5, 0.6) is 0 Å². The van der Waals surface area contributed by atoms with Gasteiger partial charge in [-0.05, 0) is 61.1 Å². The van der Waals surface area contributed by atoms with Crippen LogP contribution in [0.1, 0.15) is 34.7 Å². The molecule has 0 amide bonds. The molecular formula is C19H19N5S. The molecule has 0 bridgehead atoms. The van der Waals surface area contributed by atoms with Crippen molar-refractivity contribution < 1.29 is 0 Å². The molecule has 4 heterocycles. The summed E-state index contributed by atoms with van der Waals surface area (Å²) in [6.45, 7) is 2.79. The van der Waals surface area contributed by atoms with Crippen molar-refractivity contribution in [3.8, 4) is 0 Å². The number of nitrogens with zero attached hydrogens (tertiary/aromatic N) is 3. The highest BCUT2D eigenvalue weighted by molar-refractivity contribution is 7.80. The van der Waals surface area contributed by atoms with Gasteiger partial charge in [0, 0.05) is 36.5 Å². The molecule has 2 atom stereocenters. The first-order valence-corrected chi connectivity index (χ1v) is 8.65. The Kier molecular flexibility index (Phi) is 4.19. The number of H-pyrrole nitrogens is 1. The van der Waals surface area contributed by atoms with E-state index >= 15 is 0 Å². The van der Waals surface area contributed by atoms with Gasteiger partial charge in [0.05, 0.1) is 17.8 Å². The van der Waals surface area contributed by atoms with Gasteiger partial charge in [0.15, 0.2) is 5.11 Å². The third-order valence-electron chi connectivity index (χ3n) is 4.47. The second-order valence-corrected chi connectivity index (χ2v) is 6.59. The van der Waals surface area contributed by atoms with Crippen LogP contribution in [0.4, 0.5) is 0 Å². The Labute approximate surface area is 152 Å². The first-order chi connectivity index (χ1) is 12.2. The summed E-state index contributed by atoms with van der Waals surface area (Å²) in [4.78, 5) is 14.3. The predicted molar refractivity (Wildman–Crippen MR) is 101 cm³/mol. The van der Waals surface area contributed by atoms with Crippen LogP contribution in [0.3, 0.4) is 0 Å². The van der Waals surface area contributed by atoms with E-state index in [1.807, 2.05) is 48.9 Å². The first kappa shape index (κ1) is 15.8. The number of hydrogen-bond acceptors (Lipinski definition) is 3. The Hall–Kier alpha value is -2.73. The fraction of sp³-hybridized carbons (Fsp3) is 0.211. The quantitative estimate of drug-likeness (QED) is 0.708. The summed E-state index contributed by atoms with van der Waals surface area (Å²) in [5.41, 5.74) is 4.43. The van der Waals surface area contributed by atoms with Crippen LogP contribution in [-0.2, 0) is 6.54 Å². The summed E-state index contributed by atoms with van der Waals surface area (Å²) in [7, 11) is 0. The first-order valence-electron chi connectivity index (χ1n) is 8.25. The van der Waals surface area contributed by atoms with E-state index in [0.29, 0.717) is 0 Å². The van der Waals surface area contributed by atoms with E-state index in [1.54, 1.807) is 0 Å². The molecule has 6 heteroatoms. The number of aromatic amines is 1. The topological polar surface area (TPSA) is 56.8 Å². The molecule has 1 fully saturated rings. The molecule has 126 valence electrons. The smallest absolute Gasteiger partial charge is 0.170 e. The van der Waals surface area contributed by atoms with Crippen LogP contribution in [0.2, 0.25) is 0 Å². The number of aryl methyl sites for hydroxylation is 1. The fourth-order valence-electron chi connectivity index (χ4n) is 3.30. The van der Waals surface area contributed by atoms with Gasteiger partial charge in [-0.2, -0.15) is 0 Å². The highest BCUT2D eigenvalue weighted by Gasteiger charge is 2.40. The average molecular weight is 349 g/mol. The Bertz CT molecular complexity index is 862. The number of nitrogens with one attached hydrogen (secondary N) is 2. The minimum absolute atomic E-state index is 0.00795. The van der Waals surface area contributed by atoms with Gasteiger partial charge in [-0.3, -0.25) is 9.97 Å². The van der Waals surface area contributed by atoms with E-state index < -0.39 is 0 Å². The Balaban J connectivity index is 1.72. The van der Waals surface area contributed by atoms with Gasteiger partial charge in [-0.25, -0.2) is 0 Å². The van der Waals surface area contributed by atoms with Gasteiger partial charge in [0.25, 0.3) is 0 Å². The van der Waals surface area contributed by atoms with Crippen LogP contribution in [0, 0.1) is 6.92 Å². The lowest BCUT2D eigenvalue weighted by molar-refractivity contribution is 0.305. The summed E-state index contributed by atoms with van der Waals surface area (Å²) in [6.07, 6.45) is 5.44. The molecule has 2 N–H and O–H groups in total. The molecule has 25 heavy (non-hydrogen) atoms. The van der Waals surface area contributed by atoms with Crippen molar-refractivity contribution in [2.24, 2.45) is 0 Å². The van der Waals surface area contributed by atoms with E-state index in [2.05, 4.69) is 44.2 Å². The normalized spacial score (nSPS) is 19.9. The van der Waals surface area contributed by atoms with E-state index in [1.165, 1.54) is 5.56 Å². The third kappa shape index (κ3) is 3.13. The number of rotatable bonds is 4. The van der Waals surface area contributed by atoms with Crippen molar-refractivity contribution in [1.29, 1.82) is 0 Å². The van der Waals surface area contributed by atoms with E-state index in [9.17, 15) is 0 Å². The Morgan fingerprint density at radius 2 is 1.92 bits per heavy atom. The minimum Gasteiger partial charge on any atom is -0.361 e. The molecule has 1 aliphatic heterocycles. The molecule has 1 aliphatic rings. The van der Waals surface area contributed by atoms with Gasteiger partial charge in [0.1, 0.15) is 0 Å². The molecule has 0 saturated carbocycles. The predicted octanol–water partition coefficient (Wildman–Crippen LogP) is 3.29. The van der Waals surface area contributed by atoms with Crippen molar-refractivity contribution in [1.82, 2.24) is 25.2 Å². The average Bonchev–Trinajstić information content (AvgIpc) is 3.20. The maximum Gasteiger partial charge on any atom is 0.170 e. The lowest BCUT2D eigenvalue weighted by atomic mass is 10.0. The summed E-state index contributed by atoms with van der Waals surface area (Å²) in [5.74, 6) is 0. The molecule has 5 nitrogen and oxygen atoms in total. The zero-order valence-electron chi connectivity index (χ0n) is 13.9. The molecule has 0 radical (unpaired) electrons. The molecule has 1 saturated heterocycles. The van der Waals surface area contributed by atoms with E-state index in [0.717, 1.165) is 28.7 Å². The lowest BCUT2D eigenvalue weighted by Crippen LogP contribution is -2.29. The minimum atomic E-state index is 0.00795. The lowest BCUT2D eigenvalue weighted by Gasteiger charge is -2.27. The summed E-state index contributed by atoms with van der Waals surface area (Å²) >= 11 is 5.66. The van der Waals surface area contributed by atoms with E-state index in [4.69, 9.17) is 12.2 Å². The number of thiocarbonyl (C=S) groups is 1. The summed E-state index contributed by atoms with van der Waals surface area (Å²) in [6, 6.07) is 14.3. The van der Waals surface area contributed by atoms with Gasteiger partial charge >= 0.3 is 0 Å². The van der Waals surface area contributed by atoms with E-state index in [-0.39, 0.29) is 12.1 Å². The molecule has 0 spiro atoms. The monoisotopic (exact) mass is 349 g/mol. The maximum atomic E-state index is 5.66. The Morgan fingerprint density at radius 3 is 2.60 bits per heavy atom. The molecule has 3 aromatic rings. The maximum absolute atomic E-state index is 5.66. The summed E-state index contributed by atoms with van der Waals surface area (Å²) < 4.78 is 0. The molecule has 3 aromatic heterocycles. The molecule has 0 aromatic carbocycles. The second-order valence-electron chi connectivity index (χ2n) is 6.21. The van der Waals surface area contributed by atoms with Gasteiger partial charge < -0.3 is 15.2 Å². The molecule has 4 rings (SSSR count). The standard InChI is InChI=1S/C19H19N5S/c1-13-5-6-16(22-13)18-17(15-4-2-3-9-21-15)23-19(25)24(18)12-14-7-10-20-11-8-14/h2-11,17-18,22H,12H2,1H3,(H,23,25)/t17-,18+/m0/s1. The highest BCUT2D eigenvalue weighted by Crippen LogP contribution is 2.38. The van der Waals surface area contributed by atoms with Crippen LogP contribution < -0.4 is 5.32 Å². The summed E-state index contributed by atoms with van der Waals surface area (Å²) in [5, 5.41) is 4.20. The van der Waals surface area contributed by atoms with Gasteiger partial charge in [-0.1, -0.05) is 6.07 Å². The fourth-order valence-corrected chi connectivity index (χ4v) is 3.60. The van der Waals surface area contributed by atoms with Gasteiger partial charge in [0.2, 0.25) is 0 Å². The highest BCUT2D eigenvalue weighted by atomic mass is 32.1. The second kappa shape index (κ2) is 6.64. The van der Waals surface area contributed by atoms with Crippen molar-refractivity contribution in [2.45, 2.75) is 25.6 Å².